The number of amides is 1. The molecule has 3 aromatic rings. The van der Waals surface area contributed by atoms with E-state index in [1.807, 2.05) is 12.1 Å². The van der Waals surface area contributed by atoms with Crippen molar-refractivity contribution in [3.05, 3.63) is 76.4 Å². The number of nitrogens with one attached hydrogen (secondary N) is 2. The van der Waals surface area contributed by atoms with Crippen LogP contribution in [0.3, 0.4) is 0 Å². The van der Waals surface area contributed by atoms with E-state index in [4.69, 9.17) is 23.2 Å². The monoisotopic (exact) mass is 373 g/mol. The molecule has 3 rings (SSSR count). The zero-order valence-corrected chi connectivity index (χ0v) is 14.4. The summed E-state index contributed by atoms with van der Waals surface area (Å²) in [6, 6.07) is 8.62. The van der Waals surface area contributed by atoms with E-state index in [2.05, 4.69) is 25.6 Å². The average molecular weight is 374 g/mol. The minimum absolute atomic E-state index is 0.172. The maximum Gasteiger partial charge on any atom is 0.275 e. The molecule has 6 nitrogen and oxygen atoms in total. The van der Waals surface area contributed by atoms with Crippen molar-refractivity contribution in [3.63, 3.8) is 0 Å². The van der Waals surface area contributed by atoms with Crippen molar-refractivity contribution < 1.29 is 4.79 Å². The second kappa shape index (κ2) is 7.92. The number of rotatable bonds is 5. The molecule has 1 aromatic carbocycles. The Balaban J connectivity index is 1.63. The molecule has 0 saturated carbocycles. The Morgan fingerprint density at radius 3 is 2.56 bits per heavy atom. The molecule has 0 aliphatic rings. The third-order valence-corrected chi connectivity index (χ3v) is 3.85. The molecule has 0 unspecified atom stereocenters. The Kier molecular flexibility index (Phi) is 5.42. The number of halogens is 2. The number of nitrogens with zero attached hydrogens (tertiary/aromatic N) is 3. The van der Waals surface area contributed by atoms with Crippen molar-refractivity contribution in [2.45, 2.75) is 6.54 Å². The third-order valence-electron chi connectivity index (χ3n) is 3.28. The highest BCUT2D eigenvalue weighted by molar-refractivity contribution is 6.35. The molecule has 0 radical (unpaired) electrons. The summed E-state index contributed by atoms with van der Waals surface area (Å²) in [6.07, 6.45) is 6.33. The Morgan fingerprint density at radius 2 is 1.84 bits per heavy atom. The summed E-state index contributed by atoms with van der Waals surface area (Å²) >= 11 is 11.9. The Hall–Kier alpha value is -2.70. The summed E-state index contributed by atoms with van der Waals surface area (Å²) in [7, 11) is 0. The topological polar surface area (TPSA) is 79.8 Å². The van der Waals surface area contributed by atoms with Crippen LogP contribution in [0.15, 0.2) is 55.1 Å². The van der Waals surface area contributed by atoms with Gasteiger partial charge in [-0.25, -0.2) is 9.97 Å². The van der Waals surface area contributed by atoms with E-state index in [-0.39, 0.29) is 5.69 Å². The summed E-state index contributed by atoms with van der Waals surface area (Å²) in [5.74, 6) is 0.145. The summed E-state index contributed by atoms with van der Waals surface area (Å²) in [4.78, 5) is 24.5. The van der Waals surface area contributed by atoms with Crippen LogP contribution < -0.4 is 10.6 Å². The first-order chi connectivity index (χ1) is 12.1. The van der Waals surface area contributed by atoms with Crippen LogP contribution in [0.1, 0.15) is 16.1 Å². The Morgan fingerprint density at radius 1 is 1.04 bits per heavy atom. The summed E-state index contributed by atoms with van der Waals surface area (Å²) in [5.41, 5.74) is 1.65. The highest BCUT2D eigenvalue weighted by Gasteiger charge is 2.11. The lowest BCUT2D eigenvalue weighted by Crippen LogP contribution is -2.14. The molecule has 126 valence electrons. The average Bonchev–Trinajstić information content (AvgIpc) is 2.64. The quantitative estimate of drug-likeness (QED) is 0.705. The van der Waals surface area contributed by atoms with Gasteiger partial charge in [0.05, 0.1) is 23.1 Å². The number of carbonyl (C=O) groups is 1. The lowest BCUT2D eigenvalue weighted by molar-refractivity contribution is 0.102. The van der Waals surface area contributed by atoms with E-state index in [0.717, 1.165) is 5.56 Å². The first-order valence-corrected chi connectivity index (χ1v) is 8.08. The zero-order chi connectivity index (χ0) is 17.6. The minimum Gasteiger partial charge on any atom is -0.365 e. The number of hydrogen-bond acceptors (Lipinski definition) is 5. The molecule has 0 spiro atoms. The molecule has 0 aliphatic carbocycles. The first kappa shape index (κ1) is 17.1. The highest BCUT2D eigenvalue weighted by Crippen LogP contribution is 2.25. The van der Waals surface area contributed by atoms with Gasteiger partial charge >= 0.3 is 0 Å². The number of pyridine rings is 1. The van der Waals surface area contributed by atoms with Crippen LogP contribution in [0, 0.1) is 0 Å². The van der Waals surface area contributed by atoms with Gasteiger partial charge in [-0.15, -0.1) is 0 Å². The molecule has 1 amide bonds. The molecule has 0 atom stereocenters. The van der Waals surface area contributed by atoms with Gasteiger partial charge in [-0.05, 0) is 35.9 Å². The smallest absolute Gasteiger partial charge is 0.275 e. The van der Waals surface area contributed by atoms with Crippen molar-refractivity contribution in [2.75, 3.05) is 10.6 Å². The number of benzene rings is 1. The highest BCUT2D eigenvalue weighted by atomic mass is 35.5. The normalized spacial score (nSPS) is 10.3. The molecular weight excluding hydrogens is 361 g/mol. The van der Waals surface area contributed by atoms with Crippen molar-refractivity contribution in [1.29, 1.82) is 0 Å². The van der Waals surface area contributed by atoms with Crippen LogP contribution in [-0.2, 0) is 6.54 Å². The van der Waals surface area contributed by atoms with Crippen molar-refractivity contribution in [3.8, 4) is 0 Å². The van der Waals surface area contributed by atoms with E-state index in [9.17, 15) is 4.79 Å². The van der Waals surface area contributed by atoms with Crippen molar-refractivity contribution in [2.24, 2.45) is 0 Å². The van der Waals surface area contributed by atoms with Crippen LogP contribution >= 0.6 is 23.2 Å². The maximum absolute atomic E-state index is 12.2. The Labute approximate surface area is 154 Å². The molecule has 2 heterocycles. The molecule has 8 heteroatoms. The van der Waals surface area contributed by atoms with Crippen LogP contribution in [0.4, 0.5) is 11.5 Å². The largest absolute Gasteiger partial charge is 0.365 e. The van der Waals surface area contributed by atoms with Crippen molar-refractivity contribution >= 4 is 40.6 Å². The van der Waals surface area contributed by atoms with Gasteiger partial charge in [-0.2, -0.15) is 0 Å². The van der Waals surface area contributed by atoms with E-state index >= 15 is 0 Å². The fourth-order valence-electron chi connectivity index (χ4n) is 2.01. The summed E-state index contributed by atoms with van der Waals surface area (Å²) in [5, 5.41) is 6.64. The van der Waals surface area contributed by atoms with Gasteiger partial charge in [0.1, 0.15) is 11.5 Å². The van der Waals surface area contributed by atoms with Crippen molar-refractivity contribution in [1.82, 2.24) is 15.0 Å². The van der Waals surface area contributed by atoms with Gasteiger partial charge in [0.25, 0.3) is 5.91 Å². The van der Waals surface area contributed by atoms with E-state index in [0.29, 0.717) is 28.1 Å². The van der Waals surface area contributed by atoms with Crippen LogP contribution in [0.2, 0.25) is 10.0 Å². The Bertz CT molecular complexity index is 872. The lowest BCUT2D eigenvalue weighted by Gasteiger charge is -2.08. The third kappa shape index (κ3) is 4.65. The van der Waals surface area contributed by atoms with Gasteiger partial charge < -0.3 is 10.6 Å². The van der Waals surface area contributed by atoms with E-state index in [1.54, 1.807) is 30.6 Å². The first-order valence-electron chi connectivity index (χ1n) is 7.33. The summed E-state index contributed by atoms with van der Waals surface area (Å²) in [6.45, 7) is 0.584. The van der Waals surface area contributed by atoms with Crippen LogP contribution in [0.5, 0.6) is 0 Å². The molecule has 0 saturated heterocycles. The predicted molar refractivity (Wildman–Crippen MR) is 98.0 cm³/mol. The fraction of sp³-hybridized carbons (Fsp3) is 0.0588. The van der Waals surface area contributed by atoms with Gasteiger partial charge in [0.2, 0.25) is 0 Å². The zero-order valence-electron chi connectivity index (χ0n) is 12.9. The SMILES string of the molecule is O=C(Nc1cc(Cl)ccc1Cl)c1cnc(NCc2ccncc2)cn1. The number of carbonyl (C=O) groups excluding carboxylic acids is 1. The molecule has 0 fully saturated rings. The molecule has 25 heavy (non-hydrogen) atoms. The number of aromatic nitrogens is 3. The van der Waals surface area contributed by atoms with Crippen LogP contribution in [0.25, 0.3) is 0 Å². The van der Waals surface area contributed by atoms with Gasteiger partial charge in [0, 0.05) is 24.0 Å². The second-order valence-electron chi connectivity index (χ2n) is 5.07. The number of hydrogen-bond donors (Lipinski definition) is 2. The predicted octanol–water partition coefficient (Wildman–Crippen LogP) is 4.04. The molecular formula is C17H13Cl2N5O. The van der Waals surface area contributed by atoms with Gasteiger partial charge in [-0.1, -0.05) is 23.2 Å². The van der Waals surface area contributed by atoms with Gasteiger partial charge in [0.15, 0.2) is 0 Å². The van der Waals surface area contributed by atoms with Crippen LogP contribution in [-0.4, -0.2) is 20.9 Å². The molecule has 0 aliphatic heterocycles. The fourth-order valence-corrected chi connectivity index (χ4v) is 2.35. The second-order valence-corrected chi connectivity index (χ2v) is 5.92. The lowest BCUT2D eigenvalue weighted by atomic mass is 10.3. The standard InChI is InChI=1S/C17H13Cl2N5O/c18-12-1-2-13(19)14(7-12)24-17(25)15-9-23-16(10-21-15)22-8-11-3-5-20-6-4-11/h1-7,9-10H,8H2,(H,22,23)(H,24,25). The maximum atomic E-state index is 12.2. The van der Waals surface area contributed by atoms with E-state index < -0.39 is 5.91 Å². The summed E-state index contributed by atoms with van der Waals surface area (Å²) < 4.78 is 0. The molecule has 0 bridgehead atoms. The molecule has 2 aromatic heterocycles. The minimum atomic E-state index is -0.419. The van der Waals surface area contributed by atoms with Gasteiger partial charge in [-0.3, -0.25) is 9.78 Å². The number of anilines is 2. The van der Waals surface area contributed by atoms with E-state index in [1.165, 1.54) is 12.4 Å². The molecule has 2 N–H and O–H groups in total.